The molecule has 1 atom stereocenters. The fraction of sp³-hybridized carbons (Fsp3) is 0.300. The topological polar surface area (TPSA) is 0 Å². The highest BCUT2D eigenvalue weighted by atomic mass is 35.5. The van der Waals surface area contributed by atoms with E-state index in [9.17, 15) is 0 Å². The molecule has 1 aromatic rings. The number of alkyl halides is 1. The zero-order valence-electron chi connectivity index (χ0n) is 6.26. The standard InChI is InChI=1S/C10H10Cl/c11-10-6-5-8-3-1-2-4-9(8)7-10/h1-4,7,10H,5-6H2. The van der Waals surface area contributed by atoms with E-state index in [4.69, 9.17) is 11.6 Å². The molecule has 0 N–H and O–H groups in total. The van der Waals surface area contributed by atoms with Crippen LogP contribution in [0.25, 0.3) is 0 Å². The number of hydrogen-bond donors (Lipinski definition) is 0. The molecule has 1 aliphatic carbocycles. The van der Waals surface area contributed by atoms with Gasteiger partial charge in [0.25, 0.3) is 0 Å². The third kappa shape index (κ3) is 1.41. The van der Waals surface area contributed by atoms with Crippen LogP contribution in [0.3, 0.4) is 0 Å². The Morgan fingerprint density at radius 1 is 1.27 bits per heavy atom. The fourth-order valence-corrected chi connectivity index (χ4v) is 1.74. The van der Waals surface area contributed by atoms with E-state index in [1.807, 2.05) is 0 Å². The van der Waals surface area contributed by atoms with Crippen LogP contribution < -0.4 is 0 Å². The van der Waals surface area contributed by atoms with Crippen molar-refractivity contribution in [3.05, 3.63) is 41.8 Å². The zero-order valence-corrected chi connectivity index (χ0v) is 7.01. The van der Waals surface area contributed by atoms with Crippen molar-refractivity contribution in [2.45, 2.75) is 18.2 Å². The summed E-state index contributed by atoms with van der Waals surface area (Å²) in [6.45, 7) is 0. The minimum atomic E-state index is 0.241. The van der Waals surface area contributed by atoms with E-state index in [0.29, 0.717) is 0 Å². The molecule has 0 nitrogen and oxygen atoms in total. The van der Waals surface area contributed by atoms with Crippen molar-refractivity contribution in [1.82, 2.24) is 0 Å². The molecule has 0 spiro atoms. The van der Waals surface area contributed by atoms with Crippen LogP contribution in [0.1, 0.15) is 17.5 Å². The van der Waals surface area contributed by atoms with Crippen LogP contribution in [-0.2, 0) is 6.42 Å². The summed E-state index contributed by atoms with van der Waals surface area (Å²) in [4.78, 5) is 0. The molecule has 1 aliphatic rings. The Morgan fingerprint density at radius 2 is 2.09 bits per heavy atom. The van der Waals surface area contributed by atoms with Crippen molar-refractivity contribution in [3.8, 4) is 0 Å². The van der Waals surface area contributed by atoms with Crippen LogP contribution in [0, 0.1) is 6.42 Å². The average molecular weight is 166 g/mol. The molecule has 1 unspecified atom stereocenters. The van der Waals surface area contributed by atoms with Crippen LogP contribution in [0.5, 0.6) is 0 Å². The van der Waals surface area contributed by atoms with Gasteiger partial charge in [-0.2, -0.15) is 0 Å². The second-order valence-corrected chi connectivity index (χ2v) is 3.48. The minimum absolute atomic E-state index is 0.241. The maximum atomic E-state index is 5.99. The Labute approximate surface area is 72.2 Å². The van der Waals surface area contributed by atoms with Crippen molar-refractivity contribution >= 4 is 11.6 Å². The maximum absolute atomic E-state index is 5.99. The molecule has 1 aromatic carbocycles. The molecule has 1 radical (unpaired) electrons. The molecule has 57 valence electrons. The van der Waals surface area contributed by atoms with E-state index < -0.39 is 0 Å². The summed E-state index contributed by atoms with van der Waals surface area (Å²) in [6, 6.07) is 8.45. The number of hydrogen-bond acceptors (Lipinski definition) is 0. The monoisotopic (exact) mass is 165 g/mol. The van der Waals surface area contributed by atoms with Gasteiger partial charge in [-0.05, 0) is 24.0 Å². The Hall–Kier alpha value is -0.490. The first-order chi connectivity index (χ1) is 5.36. The van der Waals surface area contributed by atoms with Gasteiger partial charge in [0.05, 0.1) is 0 Å². The molecule has 2 rings (SSSR count). The number of benzene rings is 1. The van der Waals surface area contributed by atoms with Gasteiger partial charge in [-0.15, -0.1) is 11.6 Å². The Bertz CT molecular complexity index is 255. The summed E-state index contributed by atoms with van der Waals surface area (Å²) < 4.78 is 0. The summed E-state index contributed by atoms with van der Waals surface area (Å²) in [5.41, 5.74) is 2.75. The molecule has 0 saturated carbocycles. The highest BCUT2D eigenvalue weighted by Crippen LogP contribution is 2.25. The van der Waals surface area contributed by atoms with Gasteiger partial charge in [-0.25, -0.2) is 0 Å². The molecule has 0 aliphatic heterocycles. The molecular weight excluding hydrogens is 156 g/mol. The average Bonchev–Trinajstić information content (AvgIpc) is 2.04. The molecule has 0 aromatic heterocycles. The van der Waals surface area contributed by atoms with Crippen molar-refractivity contribution < 1.29 is 0 Å². The summed E-state index contributed by atoms with van der Waals surface area (Å²) in [5, 5.41) is 0.241. The quantitative estimate of drug-likeness (QED) is 0.519. The Morgan fingerprint density at radius 3 is 3.00 bits per heavy atom. The van der Waals surface area contributed by atoms with Gasteiger partial charge in [-0.1, -0.05) is 24.3 Å². The lowest BCUT2D eigenvalue weighted by Gasteiger charge is -2.18. The molecule has 0 fully saturated rings. The van der Waals surface area contributed by atoms with Gasteiger partial charge in [0, 0.05) is 11.8 Å². The van der Waals surface area contributed by atoms with E-state index in [0.717, 1.165) is 12.8 Å². The summed E-state index contributed by atoms with van der Waals surface area (Å²) in [6.07, 6.45) is 4.35. The summed E-state index contributed by atoms with van der Waals surface area (Å²) >= 11 is 5.99. The summed E-state index contributed by atoms with van der Waals surface area (Å²) in [7, 11) is 0. The third-order valence-corrected chi connectivity index (χ3v) is 2.45. The first-order valence-corrected chi connectivity index (χ1v) is 4.37. The van der Waals surface area contributed by atoms with E-state index in [-0.39, 0.29) is 5.38 Å². The van der Waals surface area contributed by atoms with Gasteiger partial charge in [0.2, 0.25) is 0 Å². The van der Waals surface area contributed by atoms with Gasteiger partial charge in [0.1, 0.15) is 0 Å². The maximum Gasteiger partial charge on any atom is 0.0414 e. The molecular formula is C10H10Cl. The molecule has 11 heavy (non-hydrogen) atoms. The van der Waals surface area contributed by atoms with E-state index >= 15 is 0 Å². The van der Waals surface area contributed by atoms with Crippen LogP contribution in [0.15, 0.2) is 24.3 Å². The Kier molecular flexibility index (Phi) is 1.87. The van der Waals surface area contributed by atoms with E-state index in [1.54, 1.807) is 0 Å². The van der Waals surface area contributed by atoms with Gasteiger partial charge in [-0.3, -0.25) is 0 Å². The van der Waals surface area contributed by atoms with Crippen LogP contribution in [0.4, 0.5) is 0 Å². The number of rotatable bonds is 0. The molecule has 0 bridgehead atoms. The van der Waals surface area contributed by atoms with Gasteiger partial charge in [0.15, 0.2) is 0 Å². The first kappa shape index (κ1) is 7.17. The van der Waals surface area contributed by atoms with Gasteiger partial charge >= 0.3 is 0 Å². The van der Waals surface area contributed by atoms with Crippen molar-refractivity contribution in [3.63, 3.8) is 0 Å². The van der Waals surface area contributed by atoms with Crippen molar-refractivity contribution in [2.24, 2.45) is 0 Å². The molecule has 0 saturated heterocycles. The molecule has 0 amide bonds. The Balaban J connectivity index is 2.34. The highest BCUT2D eigenvalue weighted by Gasteiger charge is 2.15. The highest BCUT2D eigenvalue weighted by molar-refractivity contribution is 6.21. The first-order valence-electron chi connectivity index (χ1n) is 3.93. The van der Waals surface area contributed by atoms with E-state index in [1.165, 1.54) is 11.1 Å². The van der Waals surface area contributed by atoms with Gasteiger partial charge < -0.3 is 0 Å². The van der Waals surface area contributed by atoms with Crippen molar-refractivity contribution in [1.29, 1.82) is 0 Å². The number of halogens is 1. The predicted octanol–water partition coefficient (Wildman–Crippen LogP) is 2.79. The van der Waals surface area contributed by atoms with Crippen molar-refractivity contribution in [2.75, 3.05) is 0 Å². The largest absolute Gasteiger partial charge is 0.122 e. The van der Waals surface area contributed by atoms with Crippen LogP contribution >= 0.6 is 11.6 Å². The zero-order chi connectivity index (χ0) is 7.68. The lowest BCUT2D eigenvalue weighted by Crippen LogP contribution is -2.11. The van der Waals surface area contributed by atoms with Crippen LogP contribution in [0.2, 0.25) is 0 Å². The predicted molar refractivity (Wildman–Crippen MR) is 47.8 cm³/mol. The number of aryl methyl sites for hydroxylation is 1. The molecule has 1 heteroatoms. The minimum Gasteiger partial charge on any atom is -0.122 e. The normalized spacial score (nSPS) is 22.8. The SMILES string of the molecule is ClC1[CH]c2ccccc2CC1. The fourth-order valence-electron chi connectivity index (χ4n) is 1.50. The molecule has 0 heterocycles. The van der Waals surface area contributed by atoms with E-state index in [2.05, 4.69) is 30.7 Å². The second kappa shape index (κ2) is 2.86. The third-order valence-electron chi connectivity index (χ3n) is 2.10. The summed E-state index contributed by atoms with van der Waals surface area (Å²) in [5.74, 6) is 0. The number of fused-ring (bicyclic) bond motifs is 1. The smallest absolute Gasteiger partial charge is 0.0414 e. The second-order valence-electron chi connectivity index (χ2n) is 2.92. The van der Waals surface area contributed by atoms with Crippen LogP contribution in [-0.4, -0.2) is 5.38 Å². The lowest BCUT2D eigenvalue weighted by atomic mass is 9.92. The lowest BCUT2D eigenvalue weighted by molar-refractivity contribution is 0.782.